The zero-order valence-electron chi connectivity index (χ0n) is 17.4. The van der Waals surface area contributed by atoms with Crippen LogP contribution in [0.5, 0.6) is 11.5 Å². The molecular weight excluding hydrogens is 406 g/mol. The first-order valence-electron chi connectivity index (χ1n) is 9.88. The number of hydrogen-bond acceptors (Lipinski definition) is 6. The van der Waals surface area contributed by atoms with Gasteiger partial charge in [0.15, 0.2) is 11.5 Å². The molecule has 0 fully saturated rings. The molecule has 1 heterocycles. The number of aryl methyl sites for hydroxylation is 1. The lowest BCUT2D eigenvalue weighted by atomic mass is 10.1. The predicted molar refractivity (Wildman–Crippen MR) is 127 cm³/mol. The zero-order valence-corrected chi connectivity index (χ0v) is 18.2. The molecule has 4 rings (SSSR count). The molecule has 156 valence electrons. The Morgan fingerprint density at radius 2 is 1.81 bits per heavy atom. The number of thiazole rings is 1. The first-order valence-corrected chi connectivity index (χ1v) is 10.8. The van der Waals surface area contributed by atoms with Crippen LogP contribution >= 0.6 is 11.3 Å². The molecule has 4 aromatic rings. The van der Waals surface area contributed by atoms with Crippen LogP contribution in [0.3, 0.4) is 0 Å². The van der Waals surface area contributed by atoms with Crippen LogP contribution in [0.25, 0.3) is 11.3 Å². The zero-order chi connectivity index (χ0) is 21.5. The summed E-state index contributed by atoms with van der Waals surface area (Å²) in [7, 11) is 1.63. The number of ether oxygens (including phenoxy) is 2. The molecule has 1 N–H and O–H groups in total. The van der Waals surface area contributed by atoms with Crippen LogP contribution in [-0.4, -0.2) is 18.3 Å². The third-order valence-corrected chi connectivity index (χ3v) is 5.40. The van der Waals surface area contributed by atoms with Gasteiger partial charge in [0.05, 0.1) is 19.0 Å². The first-order chi connectivity index (χ1) is 15.2. The number of rotatable bonds is 8. The Balaban J connectivity index is 1.38. The number of benzene rings is 3. The summed E-state index contributed by atoms with van der Waals surface area (Å²) >= 11 is 1.52. The molecular formula is C25H23N3O2S. The van der Waals surface area contributed by atoms with Crippen molar-refractivity contribution >= 4 is 22.7 Å². The molecule has 0 aliphatic rings. The summed E-state index contributed by atoms with van der Waals surface area (Å²) in [5, 5.41) is 7.06. The predicted octanol–water partition coefficient (Wildman–Crippen LogP) is 6.15. The van der Waals surface area contributed by atoms with Gasteiger partial charge in [-0.15, -0.1) is 11.3 Å². The second kappa shape index (κ2) is 9.91. The molecule has 0 aliphatic heterocycles. The van der Waals surface area contributed by atoms with E-state index >= 15 is 0 Å². The molecule has 31 heavy (non-hydrogen) atoms. The normalized spacial score (nSPS) is 10.9. The highest BCUT2D eigenvalue weighted by Crippen LogP contribution is 2.29. The third kappa shape index (κ3) is 5.49. The summed E-state index contributed by atoms with van der Waals surface area (Å²) < 4.78 is 11.4. The Morgan fingerprint density at radius 1 is 1.00 bits per heavy atom. The van der Waals surface area contributed by atoms with Gasteiger partial charge in [0, 0.05) is 10.9 Å². The van der Waals surface area contributed by atoms with Crippen molar-refractivity contribution in [1.82, 2.24) is 4.98 Å². The van der Waals surface area contributed by atoms with Crippen molar-refractivity contribution in [3.63, 3.8) is 0 Å². The maximum atomic E-state index is 5.90. The molecule has 0 amide bonds. The standard InChI is InChI=1S/C25H23N3O2S/c1-18-8-11-21(12-9-18)22-17-31-25(27-22)28-26-15-20-10-13-23(24(14-20)29-2)30-16-19-6-4-3-5-7-19/h3-15,17H,16H2,1-2H3,(H,27,28)/b26-15-. The second-order valence-corrected chi connectivity index (χ2v) is 7.82. The van der Waals surface area contributed by atoms with Crippen molar-refractivity contribution in [2.75, 3.05) is 12.5 Å². The Hall–Kier alpha value is -3.64. The minimum absolute atomic E-state index is 0.486. The molecule has 3 aromatic carbocycles. The number of hydrazone groups is 1. The second-order valence-electron chi connectivity index (χ2n) is 6.96. The number of nitrogens with one attached hydrogen (secondary N) is 1. The van der Waals surface area contributed by atoms with Gasteiger partial charge < -0.3 is 9.47 Å². The molecule has 6 heteroatoms. The van der Waals surface area contributed by atoms with Gasteiger partial charge in [0.25, 0.3) is 0 Å². The molecule has 0 aliphatic carbocycles. The molecule has 0 unspecified atom stereocenters. The summed E-state index contributed by atoms with van der Waals surface area (Å²) in [5.41, 5.74) is 8.26. The lowest BCUT2D eigenvalue weighted by Gasteiger charge is -2.11. The van der Waals surface area contributed by atoms with Gasteiger partial charge in [-0.1, -0.05) is 60.2 Å². The van der Waals surface area contributed by atoms with Crippen LogP contribution in [0.15, 0.2) is 83.3 Å². The summed E-state index contributed by atoms with van der Waals surface area (Å²) in [6, 6.07) is 24.1. The summed E-state index contributed by atoms with van der Waals surface area (Å²) in [6.45, 7) is 2.56. The van der Waals surface area contributed by atoms with Gasteiger partial charge in [-0.2, -0.15) is 5.10 Å². The molecule has 0 saturated carbocycles. The average molecular weight is 430 g/mol. The van der Waals surface area contributed by atoms with E-state index in [0.29, 0.717) is 18.1 Å². The summed E-state index contributed by atoms with van der Waals surface area (Å²) in [4.78, 5) is 4.59. The topological polar surface area (TPSA) is 55.7 Å². The van der Waals surface area contributed by atoms with Crippen molar-refractivity contribution in [2.45, 2.75) is 13.5 Å². The van der Waals surface area contributed by atoms with Crippen molar-refractivity contribution in [3.8, 4) is 22.8 Å². The van der Waals surface area contributed by atoms with Crippen molar-refractivity contribution in [3.05, 3.63) is 94.9 Å². The average Bonchev–Trinajstić information content (AvgIpc) is 3.28. The number of hydrogen-bond donors (Lipinski definition) is 1. The van der Waals surface area contributed by atoms with E-state index in [-0.39, 0.29) is 0 Å². The highest BCUT2D eigenvalue weighted by Gasteiger charge is 2.06. The van der Waals surface area contributed by atoms with Crippen LogP contribution in [0, 0.1) is 6.92 Å². The van der Waals surface area contributed by atoms with Gasteiger partial charge in [-0.05, 0) is 36.2 Å². The molecule has 0 spiro atoms. The van der Waals surface area contributed by atoms with Gasteiger partial charge >= 0.3 is 0 Å². The van der Waals surface area contributed by atoms with E-state index < -0.39 is 0 Å². The highest BCUT2D eigenvalue weighted by molar-refractivity contribution is 7.14. The minimum Gasteiger partial charge on any atom is -0.493 e. The van der Waals surface area contributed by atoms with E-state index in [1.807, 2.05) is 53.9 Å². The summed E-state index contributed by atoms with van der Waals surface area (Å²) in [6.07, 6.45) is 1.73. The molecule has 0 atom stereocenters. The molecule has 1 aromatic heterocycles. The van der Waals surface area contributed by atoms with E-state index in [1.165, 1.54) is 16.9 Å². The monoisotopic (exact) mass is 429 g/mol. The number of methoxy groups -OCH3 is 1. The Labute approximate surface area is 186 Å². The SMILES string of the molecule is COc1cc(/C=N\Nc2nc(-c3ccc(C)cc3)cs2)ccc1OCc1ccccc1. The maximum Gasteiger partial charge on any atom is 0.203 e. The van der Waals surface area contributed by atoms with Crippen LogP contribution < -0.4 is 14.9 Å². The molecule has 5 nitrogen and oxygen atoms in total. The highest BCUT2D eigenvalue weighted by atomic mass is 32.1. The van der Waals surface area contributed by atoms with Crippen LogP contribution in [0.2, 0.25) is 0 Å². The Morgan fingerprint density at radius 3 is 2.58 bits per heavy atom. The van der Waals surface area contributed by atoms with E-state index in [4.69, 9.17) is 9.47 Å². The summed E-state index contributed by atoms with van der Waals surface area (Å²) in [5.74, 6) is 1.36. The van der Waals surface area contributed by atoms with Crippen molar-refractivity contribution < 1.29 is 9.47 Å². The van der Waals surface area contributed by atoms with E-state index in [1.54, 1.807) is 13.3 Å². The fraction of sp³-hybridized carbons (Fsp3) is 0.120. The van der Waals surface area contributed by atoms with Gasteiger partial charge in [0.2, 0.25) is 5.13 Å². The van der Waals surface area contributed by atoms with Gasteiger partial charge in [-0.25, -0.2) is 4.98 Å². The van der Waals surface area contributed by atoms with Crippen LogP contribution in [0.4, 0.5) is 5.13 Å². The van der Waals surface area contributed by atoms with Gasteiger partial charge in [0.1, 0.15) is 6.61 Å². The van der Waals surface area contributed by atoms with Gasteiger partial charge in [-0.3, -0.25) is 5.43 Å². The van der Waals surface area contributed by atoms with E-state index in [0.717, 1.165) is 27.5 Å². The smallest absolute Gasteiger partial charge is 0.203 e. The lowest BCUT2D eigenvalue weighted by molar-refractivity contribution is 0.284. The Kier molecular flexibility index (Phi) is 6.59. The molecule has 0 bridgehead atoms. The fourth-order valence-corrected chi connectivity index (χ4v) is 3.63. The third-order valence-electron chi connectivity index (χ3n) is 4.65. The number of nitrogens with zero attached hydrogens (tertiary/aromatic N) is 2. The molecule has 0 saturated heterocycles. The first kappa shape index (κ1) is 20.6. The number of anilines is 1. The minimum atomic E-state index is 0.486. The maximum absolute atomic E-state index is 5.90. The Bertz CT molecular complexity index is 1160. The fourth-order valence-electron chi connectivity index (χ4n) is 2.96. The lowest BCUT2D eigenvalue weighted by Crippen LogP contribution is -1.98. The van der Waals surface area contributed by atoms with E-state index in [9.17, 15) is 0 Å². The van der Waals surface area contributed by atoms with E-state index in [2.05, 4.69) is 46.7 Å². The largest absolute Gasteiger partial charge is 0.493 e. The van der Waals surface area contributed by atoms with Crippen LogP contribution in [-0.2, 0) is 6.61 Å². The quantitative estimate of drug-likeness (QED) is 0.269. The number of aromatic nitrogens is 1. The molecule has 0 radical (unpaired) electrons. The van der Waals surface area contributed by atoms with Crippen molar-refractivity contribution in [2.24, 2.45) is 5.10 Å². The van der Waals surface area contributed by atoms with Crippen LogP contribution in [0.1, 0.15) is 16.7 Å². The van der Waals surface area contributed by atoms with Crippen molar-refractivity contribution in [1.29, 1.82) is 0 Å².